The number of nitrogens with one attached hydrogen (secondary N) is 1. The Kier molecular flexibility index (Phi) is 4.78. The molecule has 1 fully saturated rings. The fourth-order valence-electron chi connectivity index (χ4n) is 4.36. The molecule has 0 bridgehead atoms. The van der Waals surface area contributed by atoms with Crippen molar-refractivity contribution in [2.45, 2.75) is 19.4 Å². The van der Waals surface area contributed by atoms with Crippen LogP contribution in [-0.2, 0) is 9.84 Å². The second kappa shape index (κ2) is 7.74. The number of sulfone groups is 1. The van der Waals surface area contributed by atoms with Crippen molar-refractivity contribution in [2.75, 3.05) is 16.8 Å². The van der Waals surface area contributed by atoms with Gasteiger partial charge in [-0.15, -0.1) is 0 Å². The number of aryl methyl sites for hydroxylation is 1. The van der Waals surface area contributed by atoms with Crippen LogP contribution >= 0.6 is 11.3 Å². The molecule has 0 spiro atoms. The van der Waals surface area contributed by atoms with Gasteiger partial charge in [-0.05, 0) is 43.7 Å². The predicted molar refractivity (Wildman–Crippen MR) is 130 cm³/mol. The highest BCUT2D eigenvalue weighted by atomic mass is 32.2. The van der Waals surface area contributed by atoms with Crippen LogP contribution in [0.4, 0.5) is 5.13 Å². The number of amides is 1. The van der Waals surface area contributed by atoms with Crippen LogP contribution in [0.2, 0.25) is 0 Å². The molecule has 1 amide bonds. The molecule has 1 aliphatic rings. The van der Waals surface area contributed by atoms with Crippen LogP contribution in [0.25, 0.3) is 32.7 Å². The lowest BCUT2D eigenvalue weighted by molar-refractivity contribution is 0.102. The summed E-state index contributed by atoms with van der Waals surface area (Å²) in [6, 6.07) is 12.5. The van der Waals surface area contributed by atoms with Gasteiger partial charge in [-0.25, -0.2) is 23.1 Å². The van der Waals surface area contributed by atoms with Gasteiger partial charge in [0.15, 0.2) is 26.4 Å². The van der Waals surface area contributed by atoms with Gasteiger partial charge in [0.1, 0.15) is 5.69 Å². The van der Waals surface area contributed by atoms with Gasteiger partial charge >= 0.3 is 0 Å². The molecular weight excluding hydrogens is 474 g/mol. The van der Waals surface area contributed by atoms with Gasteiger partial charge in [0.05, 0.1) is 50.7 Å². The molecule has 5 aromatic rings. The Hall–Kier alpha value is -3.57. The van der Waals surface area contributed by atoms with E-state index >= 15 is 0 Å². The number of furan rings is 1. The monoisotopic (exact) mass is 493 g/mol. The number of hydrogen-bond donors (Lipinski definition) is 1. The van der Waals surface area contributed by atoms with Crippen molar-refractivity contribution < 1.29 is 17.6 Å². The zero-order valence-electron chi connectivity index (χ0n) is 18.1. The summed E-state index contributed by atoms with van der Waals surface area (Å²) in [6.45, 7) is 1.80. The quantitative estimate of drug-likeness (QED) is 0.398. The molecule has 0 aliphatic carbocycles. The number of aromatic nitrogens is 4. The van der Waals surface area contributed by atoms with Crippen LogP contribution in [0, 0.1) is 6.92 Å². The number of fused-ring (bicyclic) bond motifs is 2. The molecule has 172 valence electrons. The molecule has 5 heterocycles. The van der Waals surface area contributed by atoms with Crippen LogP contribution in [0.15, 0.2) is 53.1 Å². The Morgan fingerprint density at radius 3 is 2.79 bits per heavy atom. The van der Waals surface area contributed by atoms with Gasteiger partial charge in [-0.1, -0.05) is 23.5 Å². The number of rotatable bonds is 4. The van der Waals surface area contributed by atoms with E-state index < -0.39 is 9.84 Å². The van der Waals surface area contributed by atoms with Gasteiger partial charge in [0.2, 0.25) is 0 Å². The average Bonchev–Trinajstić information content (AvgIpc) is 3.59. The molecular formula is C23H19N5O4S2. The first-order valence-electron chi connectivity index (χ1n) is 10.7. The maximum atomic E-state index is 13.5. The summed E-state index contributed by atoms with van der Waals surface area (Å²) in [6.07, 6.45) is 1.99. The van der Waals surface area contributed by atoms with Crippen LogP contribution in [0.3, 0.4) is 0 Å². The van der Waals surface area contributed by atoms with Crippen LogP contribution < -0.4 is 5.32 Å². The molecule has 1 aromatic carbocycles. The van der Waals surface area contributed by atoms with E-state index in [1.165, 1.54) is 17.6 Å². The number of para-hydroxylation sites is 1. The molecule has 9 nitrogen and oxygen atoms in total. The zero-order chi connectivity index (χ0) is 23.4. The summed E-state index contributed by atoms with van der Waals surface area (Å²) in [5.74, 6) is 0.269. The summed E-state index contributed by atoms with van der Waals surface area (Å²) < 4.78 is 32.4. The van der Waals surface area contributed by atoms with Crippen molar-refractivity contribution >= 4 is 53.5 Å². The Balaban J connectivity index is 1.49. The molecule has 0 saturated carbocycles. The molecule has 1 aliphatic heterocycles. The Morgan fingerprint density at radius 1 is 1.21 bits per heavy atom. The van der Waals surface area contributed by atoms with Crippen molar-refractivity contribution in [3.63, 3.8) is 0 Å². The lowest BCUT2D eigenvalue weighted by Crippen LogP contribution is -2.15. The normalized spacial score (nSPS) is 17.5. The van der Waals surface area contributed by atoms with Crippen molar-refractivity contribution in [1.82, 2.24) is 19.7 Å². The Labute approximate surface area is 198 Å². The minimum Gasteiger partial charge on any atom is -0.463 e. The molecule has 1 saturated heterocycles. The van der Waals surface area contributed by atoms with Crippen LogP contribution in [0.1, 0.15) is 28.5 Å². The lowest BCUT2D eigenvalue weighted by Gasteiger charge is -2.11. The second-order valence-corrected chi connectivity index (χ2v) is 11.5. The number of anilines is 1. The van der Waals surface area contributed by atoms with E-state index in [0.29, 0.717) is 45.3 Å². The Bertz CT molecular complexity index is 1640. The smallest absolute Gasteiger partial charge is 0.258 e. The average molecular weight is 494 g/mol. The summed E-state index contributed by atoms with van der Waals surface area (Å²) in [5.41, 5.74) is 2.72. The fraction of sp³-hybridized carbons (Fsp3) is 0.217. The standard InChI is InChI=1S/C23H19N5O4S2/c1-13-20-15(22(29)26-23-25-16-5-2-3-7-19(16)33-23)11-17(18-6-4-9-32-18)24-21(20)28(27-13)14-8-10-34(30,31)12-14/h2-7,9,11,14H,8,10,12H2,1H3,(H,25,26,29)/t14-/m1/s1. The largest absolute Gasteiger partial charge is 0.463 e. The maximum Gasteiger partial charge on any atom is 0.258 e. The third kappa shape index (κ3) is 3.57. The number of carbonyl (C=O) groups excluding carboxylic acids is 1. The van der Waals surface area contributed by atoms with Crippen molar-refractivity contribution in [1.29, 1.82) is 0 Å². The molecule has 11 heteroatoms. The second-order valence-electron chi connectivity index (χ2n) is 8.26. The van der Waals surface area contributed by atoms with Crippen molar-refractivity contribution in [2.24, 2.45) is 0 Å². The molecule has 34 heavy (non-hydrogen) atoms. The van der Waals surface area contributed by atoms with Gasteiger partial charge in [-0.2, -0.15) is 5.10 Å². The Morgan fingerprint density at radius 2 is 2.06 bits per heavy atom. The van der Waals surface area contributed by atoms with Crippen molar-refractivity contribution in [3.8, 4) is 11.5 Å². The molecule has 1 N–H and O–H groups in total. The van der Waals surface area contributed by atoms with Gasteiger partial charge in [0, 0.05) is 0 Å². The summed E-state index contributed by atoms with van der Waals surface area (Å²) in [7, 11) is -3.13. The molecule has 4 aromatic heterocycles. The number of benzene rings is 1. The number of pyridine rings is 1. The number of carbonyl (C=O) groups is 1. The topological polar surface area (TPSA) is 120 Å². The molecule has 0 unspecified atom stereocenters. The molecule has 0 radical (unpaired) electrons. The molecule has 6 rings (SSSR count). The zero-order valence-corrected chi connectivity index (χ0v) is 19.7. The van der Waals surface area contributed by atoms with E-state index in [4.69, 9.17) is 9.40 Å². The lowest BCUT2D eigenvalue weighted by atomic mass is 10.1. The maximum absolute atomic E-state index is 13.5. The number of thiazole rings is 1. The number of nitrogens with zero attached hydrogens (tertiary/aromatic N) is 4. The first-order valence-corrected chi connectivity index (χ1v) is 13.3. The summed E-state index contributed by atoms with van der Waals surface area (Å²) >= 11 is 1.39. The van der Waals surface area contributed by atoms with Crippen molar-refractivity contribution in [3.05, 3.63) is 60.0 Å². The van der Waals surface area contributed by atoms with E-state index in [-0.39, 0.29) is 23.5 Å². The fourth-order valence-corrected chi connectivity index (χ4v) is 6.91. The van der Waals surface area contributed by atoms with E-state index in [2.05, 4.69) is 15.4 Å². The van der Waals surface area contributed by atoms with E-state index in [1.54, 1.807) is 29.8 Å². The first kappa shape index (κ1) is 21.0. The van der Waals surface area contributed by atoms with Gasteiger partial charge < -0.3 is 4.42 Å². The first-order chi connectivity index (χ1) is 16.4. The third-order valence-corrected chi connectivity index (χ3v) is 8.63. The third-order valence-electron chi connectivity index (χ3n) is 5.92. The number of hydrogen-bond acceptors (Lipinski definition) is 8. The molecule has 1 atom stereocenters. The van der Waals surface area contributed by atoms with Crippen LogP contribution in [-0.4, -0.2) is 45.6 Å². The minimum absolute atomic E-state index is 0.00309. The van der Waals surface area contributed by atoms with Gasteiger partial charge in [0.25, 0.3) is 5.91 Å². The predicted octanol–water partition coefficient (Wildman–Crippen LogP) is 4.22. The van der Waals surface area contributed by atoms with E-state index in [9.17, 15) is 13.2 Å². The summed E-state index contributed by atoms with van der Waals surface area (Å²) in [5, 5.41) is 8.59. The van der Waals surface area contributed by atoms with E-state index in [0.717, 1.165) is 10.2 Å². The van der Waals surface area contributed by atoms with Gasteiger partial charge in [-0.3, -0.25) is 10.1 Å². The SMILES string of the molecule is Cc1nn([C@@H]2CCS(=O)(=O)C2)c2nc(-c3ccco3)cc(C(=O)Nc3nc4ccccc4s3)c12. The highest BCUT2D eigenvalue weighted by molar-refractivity contribution is 7.91. The summed E-state index contributed by atoms with van der Waals surface area (Å²) in [4.78, 5) is 22.7. The highest BCUT2D eigenvalue weighted by Crippen LogP contribution is 2.33. The highest BCUT2D eigenvalue weighted by Gasteiger charge is 2.32. The minimum atomic E-state index is -3.13. The van der Waals surface area contributed by atoms with E-state index in [1.807, 2.05) is 24.3 Å². The van der Waals surface area contributed by atoms with Crippen LogP contribution in [0.5, 0.6) is 0 Å².